The quantitative estimate of drug-likeness (QED) is 0.814. The van der Waals surface area contributed by atoms with Gasteiger partial charge in [-0.2, -0.15) is 0 Å². The van der Waals surface area contributed by atoms with Crippen LogP contribution in [0.1, 0.15) is 18.4 Å². The lowest BCUT2D eigenvalue weighted by Gasteiger charge is -2.44. The predicted octanol–water partition coefficient (Wildman–Crippen LogP) is 1.67. The highest BCUT2D eigenvalue weighted by Gasteiger charge is 2.55. The van der Waals surface area contributed by atoms with E-state index in [4.69, 9.17) is 10.5 Å². The summed E-state index contributed by atoms with van der Waals surface area (Å²) >= 11 is 0. The third-order valence-electron chi connectivity index (χ3n) is 2.67. The van der Waals surface area contributed by atoms with Gasteiger partial charge in [-0.15, -0.1) is 0 Å². The number of alkyl halides is 2. The fourth-order valence-corrected chi connectivity index (χ4v) is 1.91. The minimum absolute atomic E-state index is 0.312. The smallest absolute Gasteiger partial charge is 0.252 e. The Hall–Kier alpha value is -1.23. The normalized spacial score (nSPS) is 21.9. The molecule has 15 heavy (non-hydrogen) atoms. The third kappa shape index (κ3) is 1.79. The topological polar surface area (TPSA) is 48.1 Å². The molecular formula is C10H12F2N2O. The van der Waals surface area contributed by atoms with Crippen molar-refractivity contribution < 1.29 is 13.5 Å². The first-order valence-electron chi connectivity index (χ1n) is 4.62. The summed E-state index contributed by atoms with van der Waals surface area (Å²) in [5.74, 6) is -2.24. The molecule has 1 aromatic rings. The summed E-state index contributed by atoms with van der Waals surface area (Å²) in [5, 5.41) is 0. The van der Waals surface area contributed by atoms with Crippen LogP contribution in [0.2, 0.25) is 0 Å². The zero-order chi connectivity index (χ0) is 11.1. The van der Waals surface area contributed by atoms with Crippen LogP contribution in [-0.2, 0) is 5.54 Å². The molecule has 0 atom stereocenters. The van der Waals surface area contributed by atoms with Crippen molar-refractivity contribution in [2.24, 2.45) is 5.73 Å². The third-order valence-corrected chi connectivity index (χ3v) is 2.67. The van der Waals surface area contributed by atoms with Crippen LogP contribution < -0.4 is 10.5 Å². The van der Waals surface area contributed by atoms with Gasteiger partial charge >= 0.3 is 0 Å². The second kappa shape index (κ2) is 3.13. The molecule has 0 unspecified atom stereocenters. The van der Waals surface area contributed by atoms with Gasteiger partial charge in [0.2, 0.25) is 5.88 Å². The lowest BCUT2D eigenvalue weighted by Crippen LogP contribution is -2.55. The van der Waals surface area contributed by atoms with Gasteiger partial charge in [-0.3, -0.25) is 0 Å². The summed E-state index contributed by atoms with van der Waals surface area (Å²) in [4.78, 5) is 3.90. The average molecular weight is 214 g/mol. The number of aromatic nitrogens is 1. The molecule has 0 aromatic carbocycles. The molecule has 0 spiro atoms. The molecular weight excluding hydrogens is 202 g/mol. The van der Waals surface area contributed by atoms with Crippen molar-refractivity contribution in [1.82, 2.24) is 4.98 Å². The van der Waals surface area contributed by atoms with Crippen LogP contribution in [0.25, 0.3) is 0 Å². The van der Waals surface area contributed by atoms with E-state index in [1.165, 1.54) is 13.3 Å². The van der Waals surface area contributed by atoms with E-state index in [0.29, 0.717) is 11.4 Å². The number of nitrogens with two attached hydrogens (primary N) is 1. The van der Waals surface area contributed by atoms with Gasteiger partial charge in [-0.1, -0.05) is 0 Å². The van der Waals surface area contributed by atoms with Crippen LogP contribution in [0.5, 0.6) is 5.88 Å². The number of nitrogens with zero attached hydrogens (tertiary/aromatic N) is 1. The minimum atomic E-state index is -2.63. The SMILES string of the molecule is COc1cc(C2(N)CC(F)(F)C2)ccn1. The maximum Gasteiger partial charge on any atom is 0.252 e. The highest BCUT2D eigenvalue weighted by molar-refractivity contribution is 5.31. The van der Waals surface area contributed by atoms with Gasteiger partial charge < -0.3 is 10.5 Å². The first-order valence-corrected chi connectivity index (χ1v) is 4.62. The van der Waals surface area contributed by atoms with Crippen LogP contribution >= 0.6 is 0 Å². The average Bonchev–Trinajstić information content (AvgIpc) is 2.15. The van der Waals surface area contributed by atoms with Crippen molar-refractivity contribution in [2.45, 2.75) is 24.3 Å². The number of pyridine rings is 1. The van der Waals surface area contributed by atoms with Crippen LogP contribution in [0.4, 0.5) is 8.78 Å². The highest BCUT2D eigenvalue weighted by Crippen LogP contribution is 2.49. The first kappa shape index (κ1) is 10.3. The molecule has 0 amide bonds. The Morgan fingerprint density at radius 2 is 2.13 bits per heavy atom. The van der Waals surface area contributed by atoms with Gasteiger partial charge in [0, 0.05) is 25.1 Å². The van der Waals surface area contributed by atoms with E-state index in [9.17, 15) is 8.78 Å². The number of hydrogen-bond donors (Lipinski definition) is 1. The highest BCUT2D eigenvalue weighted by atomic mass is 19.3. The molecule has 1 aliphatic rings. The summed E-state index contributed by atoms with van der Waals surface area (Å²) in [5.41, 5.74) is 5.58. The molecule has 0 bridgehead atoms. The first-order chi connectivity index (χ1) is 6.95. The van der Waals surface area contributed by atoms with Crippen LogP contribution in [0, 0.1) is 0 Å². The van der Waals surface area contributed by atoms with Gasteiger partial charge in [0.25, 0.3) is 5.92 Å². The van der Waals surface area contributed by atoms with Crippen molar-refractivity contribution in [3.63, 3.8) is 0 Å². The Labute approximate surface area is 86.3 Å². The maximum absolute atomic E-state index is 12.8. The second-order valence-electron chi connectivity index (χ2n) is 3.95. The monoisotopic (exact) mass is 214 g/mol. The molecule has 0 radical (unpaired) electrons. The molecule has 2 rings (SSSR count). The van der Waals surface area contributed by atoms with Crippen molar-refractivity contribution in [3.8, 4) is 5.88 Å². The van der Waals surface area contributed by atoms with Gasteiger partial charge in [-0.05, 0) is 11.6 Å². The number of hydrogen-bond acceptors (Lipinski definition) is 3. The van der Waals surface area contributed by atoms with Crippen LogP contribution in [-0.4, -0.2) is 18.0 Å². The van der Waals surface area contributed by atoms with E-state index in [2.05, 4.69) is 4.98 Å². The summed E-state index contributed by atoms with van der Waals surface area (Å²) in [6, 6.07) is 3.26. The molecule has 0 saturated heterocycles. The van der Waals surface area contributed by atoms with Crippen molar-refractivity contribution in [2.75, 3.05) is 7.11 Å². The van der Waals surface area contributed by atoms with E-state index in [1.807, 2.05) is 0 Å². The van der Waals surface area contributed by atoms with E-state index >= 15 is 0 Å². The zero-order valence-electron chi connectivity index (χ0n) is 8.34. The van der Waals surface area contributed by atoms with Gasteiger partial charge in [0.15, 0.2) is 0 Å². The Morgan fingerprint density at radius 1 is 1.47 bits per heavy atom. The molecule has 5 heteroatoms. The van der Waals surface area contributed by atoms with Crippen molar-refractivity contribution >= 4 is 0 Å². The van der Waals surface area contributed by atoms with E-state index in [1.54, 1.807) is 12.1 Å². The fraction of sp³-hybridized carbons (Fsp3) is 0.500. The Balaban J connectivity index is 2.23. The molecule has 1 aliphatic carbocycles. The van der Waals surface area contributed by atoms with Crippen molar-refractivity contribution in [1.29, 1.82) is 0 Å². The molecule has 0 aliphatic heterocycles. The molecule has 1 saturated carbocycles. The Kier molecular flexibility index (Phi) is 2.15. The molecule has 82 valence electrons. The van der Waals surface area contributed by atoms with Crippen LogP contribution in [0.3, 0.4) is 0 Å². The zero-order valence-corrected chi connectivity index (χ0v) is 8.34. The molecule has 2 N–H and O–H groups in total. The lowest BCUT2D eigenvalue weighted by molar-refractivity contribution is -0.125. The second-order valence-corrected chi connectivity index (χ2v) is 3.95. The lowest BCUT2D eigenvalue weighted by atomic mass is 9.70. The predicted molar refractivity (Wildman–Crippen MR) is 50.8 cm³/mol. The molecule has 1 fully saturated rings. The number of halogens is 2. The van der Waals surface area contributed by atoms with E-state index < -0.39 is 11.5 Å². The molecule has 1 aromatic heterocycles. The molecule has 3 nitrogen and oxygen atoms in total. The van der Waals surface area contributed by atoms with Crippen LogP contribution in [0.15, 0.2) is 18.3 Å². The fourth-order valence-electron chi connectivity index (χ4n) is 1.91. The molecule has 1 heterocycles. The van der Waals surface area contributed by atoms with Gasteiger partial charge in [-0.25, -0.2) is 13.8 Å². The number of rotatable bonds is 2. The summed E-state index contributed by atoms with van der Waals surface area (Å²) in [6.07, 6.45) is 0.888. The number of ether oxygens (including phenoxy) is 1. The Bertz CT molecular complexity index is 373. The standard InChI is InChI=1S/C10H12F2N2O/c1-15-8-4-7(2-3-14-8)9(13)5-10(11,12)6-9/h2-4H,5-6,13H2,1H3. The number of methoxy groups -OCH3 is 1. The van der Waals surface area contributed by atoms with E-state index in [0.717, 1.165) is 0 Å². The van der Waals surface area contributed by atoms with E-state index in [-0.39, 0.29) is 12.8 Å². The summed E-state index contributed by atoms with van der Waals surface area (Å²) in [7, 11) is 1.48. The van der Waals surface area contributed by atoms with Crippen molar-refractivity contribution in [3.05, 3.63) is 23.9 Å². The largest absolute Gasteiger partial charge is 0.481 e. The Morgan fingerprint density at radius 3 is 2.67 bits per heavy atom. The van der Waals surface area contributed by atoms with Gasteiger partial charge in [0.05, 0.1) is 12.6 Å². The summed E-state index contributed by atoms with van der Waals surface area (Å²) < 4.78 is 30.5. The summed E-state index contributed by atoms with van der Waals surface area (Å²) in [6.45, 7) is 0. The van der Waals surface area contributed by atoms with Gasteiger partial charge in [0.1, 0.15) is 0 Å². The minimum Gasteiger partial charge on any atom is -0.481 e. The maximum atomic E-state index is 12.8.